The highest BCUT2D eigenvalue weighted by Crippen LogP contribution is 2.38. The molecule has 0 unspecified atom stereocenters. The second-order valence-corrected chi connectivity index (χ2v) is 6.71. The number of piperidine rings is 1. The van der Waals surface area contributed by atoms with Gasteiger partial charge in [0.1, 0.15) is 0 Å². The van der Waals surface area contributed by atoms with Crippen molar-refractivity contribution < 1.29 is 9.59 Å². The molecule has 124 valence electrons. The summed E-state index contributed by atoms with van der Waals surface area (Å²) in [6, 6.07) is -0.0165. The molecule has 23 heavy (non-hydrogen) atoms. The van der Waals surface area contributed by atoms with E-state index in [2.05, 4.69) is 21.5 Å². The molecule has 2 saturated heterocycles. The Hall–Kier alpha value is -2.10. The third kappa shape index (κ3) is 3.03. The van der Waals surface area contributed by atoms with Crippen molar-refractivity contribution in [2.45, 2.75) is 49.7 Å². The number of carbonyl (C=O) groups excluding carboxylic acids is 2. The quantitative estimate of drug-likeness (QED) is 0.777. The zero-order chi connectivity index (χ0) is 16.5. The third-order valence-corrected chi connectivity index (χ3v) is 5.42. The van der Waals surface area contributed by atoms with Crippen LogP contribution in [0.3, 0.4) is 0 Å². The first kappa shape index (κ1) is 15.8. The van der Waals surface area contributed by atoms with E-state index in [-0.39, 0.29) is 23.1 Å². The van der Waals surface area contributed by atoms with E-state index in [1.54, 1.807) is 4.90 Å². The summed E-state index contributed by atoms with van der Waals surface area (Å²) in [5.74, 6) is 2.75. The number of hydrogen-bond acceptors (Lipinski definition) is 4. The second-order valence-electron chi connectivity index (χ2n) is 6.71. The smallest absolute Gasteiger partial charge is 0.317 e. The van der Waals surface area contributed by atoms with Crippen LogP contribution in [0.25, 0.3) is 0 Å². The van der Waals surface area contributed by atoms with Crippen molar-refractivity contribution in [1.82, 2.24) is 15.1 Å². The van der Waals surface area contributed by atoms with Crippen LogP contribution in [-0.2, 0) is 4.79 Å². The largest absolute Gasteiger partial charge is 0.343 e. The summed E-state index contributed by atoms with van der Waals surface area (Å²) < 4.78 is 0. The summed E-state index contributed by atoms with van der Waals surface area (Å²) in [5, 5.41) is 11.0. The molecular formula is C16H23N5O2. The SMILES string of the molecule is C#CCCC1(CCC(=O)N2CCC3(CC2)CNC(=O)N3C)N=N1. The van der Waals surface area contributed by atoms with Gasteiger partial charge in [-0.15, -0.1) is 12.3 Å². The minimum absolute atomic E-state index is 0.0165. The molecular weight excluding hydrogens is 294 g/mol. The molecule has 0 aromatic heterocycles. The van der Waals surface area contributed by atoms with Crippen LogP contribution in [0.5, 0.6) is 0 Å². The van der Waals surface area contributed by atoms with Crippen molar-refractivity contribution in [1.29, 1.82) is 0 Å². The predicted molar refractivity (Wildman–Crippen MR) is 84.6 cm³/mol. The maximum Gasteiger partial charge on any atom is 0.317 e. The molecule has 1 N–H and O–H groups in total. The summed E-state index contributed by atoms with van der Waals surface area (Å²) in [7, 11) is 1.84. The van der Waals surface area contributed by atoms with Gasteiger partial charge >= 0.3 is 6.03 Å². The van der Waals surface area contributed by atoms with Gasteiger partial charge in [-0.2, -0.15) is 10.2 Å². The van der Waals surface area contributed by atoms with Crippen molar-refractivity contribution in [3.63, 3.8) is 0 Å². The van der Waals surface area contributed by atoms with Gasteiger partial charge in [-0.3, -0.25) is 4.79 Å². The molecule has 0 bridgehead atoms. The molecule has 3 amide bonds. The number of nitrogens with one attached hydrogen (secondary N) is 1. The Morgan fingerprint density at radius 2 is 2.04 bits per heavy atom. The van der Waals surface area contributed by atoms with Gasteiger partial charge in [-0.1, -0.05) is 0 Å². The zero-order valence-electron chi connectivity index (χ0n) is 13.5. The summed E-state index contributed by atoms with van der Waals surface area (Å²) in [5.41, 5.74) is -0.510. The molecule has 3 aliphatic heterocycles. The fourth-order valence-electron chi connectivity index (χ4n) is 3.51. The van der Waals surface area contributed by atoms with Crippen LogP contribution in [0.15, 0.2) is 10.2 Å². The van der Waals surface area contributed by atoms with Gasteiger partial charge in [0.25, 0.3) is 0 Å². The maximum absolute atomic E-state index is 12.4. The molecule has 3 rings (SSSR count). The average molecular weight is 317 g/mol. The van der Waals surface area contributed by atoms with E-state index in [0.29, 0.717) is 38.9 Å². The number of carbonyl (C=O) groups is 2. The van der Waals surface area contributed by atoms with Gasteiger partial charge in [-0.25, -0.2) is 4.79 Å². The van der Waals surface area contributed by atoms with Crippen molar-refractivity contribution in [3.8, 4) is 12.3 Å². The Morgan fingerprint density at radius 1 is 1.35 bits per heavy atom. The Balaban J connectivity index is 1.46. The van der Waals surface area contributed by atoms with E-state index in [1.165, 1.54) is 0 Å². The highest BCUT2D eigenvalue weighted by atomic mass is 16.2. The molecule has 0 aromatic rings. The van der Waals surface area contributed by atoms with Crippen molar-refractivity contribution in [2.75, 3.05) is 26.7 Å². The summed E-state index contributed by atoms with van der Waals surface area (Å²) in [6.07, 6.45) is 9.40. The fourth-order valence-corrected chi connectivity index (χ4v) is 3.51. The Kier molecular flexibility index (Phi) is 4.00. The maximum atomic E-state index is 12.4. The van der Waals surface area contributed by atoms with Gasteiger partial charge in [-0.05, 0) is 12.8 Å². The lowest BCUT2D eigenvalue weighted by molar-refractivity contribution is -0.133. The first-order valence-corrected chi connectivity index (χ1v) is 8.17. The topological polar surface area (TPSA) is 77.4 Å². The number of terminal acetylenes is 1. The van der Waals surface area contributed by atoms with E-state index in [1.807, 2.05) is 11.9 Å². The van der Waals surface area contributed by atoms with E-state index in [9.17, 15) is 9.59 Å². The highest BCUT2D eigenvalue weighted by Gasteiger charge is 2.46. The molecule has 0 saturated carbocycles. The fraction of sp³-hybridized carbons (Fsp3) is 0.750. The number of urea groups is 1. The molecule has 0 aliphatic carbocycles. The van der Waals surface area contributed by atoms with Crippen LogP contribution >= 0.6 is 0 Å². The molecule has 3 aliphatic rings. The molecule has 0 radical (unpaired) electrons. The number of likely N-dealkylation sites (N-methyl/N-ethyl adjacent to an activating group) is 1. The first-order chi connectivity index (χ1) is 11.0. The summed E-state index contributed by atoms with van der Waals surface area (Å²) in [4.78, 5) is 27.8. The standard InChI is InChI=1S/C16H23N5O2/c1-3-4-6-16(18-19-16)7-5-13(22)21-10-8-15(9-11-21)12-17-14(23)20(15)2/h1H,4-12H2,2H3,(H,17,23). The van der Waals surface area contributed by atoms with Gasteiger partial charge in [0.2, 0.25) is 5.91 Å². The number of amides is 3. The van der Waals surface area contributed by atoms with Crippen molar-refractivity contribution in [2.24, 2.45) is 10.2 Å². The lowest BCUT2D eigenvalue weighted by Gasteiger charge is -2.42. The summed E-state index contributed by atoms with van der Waals surface area (Å²) >= 11 is 0. The van der Waals surface area contributed by atoms with Gasteiger partial charge in [0.15, 0.2) is 5.66 Å². The van der Waals surface area contributed by atoms with Crippen LogP contribution in [-0.4, -0.2) is 59.6 Å². The lowest BCUT2D eigenvalue weighted by atomic mass is 9.87. The molecule has 0 atom stereocenters. The minimum atomic E-state index is -0.388. The van der Waals surface area contributed by atoms with Crippen LogP contribution in [0.2, 0.25) is 0 Å². The minimum Gasteiger partial charge on any atom is -0.343 e. The van der Waals surface area contributed by atoms with E-state index >= 15 is 0 Å². The molecule has 7 heteroatoms. The van der Waals surface area contributed by atoms with E-state index in [0.717, 1.165) is 19.3 Å². The molecule has 0 aromatic carbocycles. The molecule has 7 nitrogen and oxygen atoms in total. The predicted octanol–water partition coefficient (Wildman–Crippen LogP) is 1.36. The van der Waals surface area contributed by atoms with Crippen molar-refractivity contribution in [3.05, 3.63) is 0 Å². The van der Waals surface area contributed by atoms with Crippen LogP contribution in [0, 0.1) is 12.3 Å². The number of likely N-dealkylation sites (tertiary alicyclic amines) is 1. The van der Waals surface area contributed by atoms with E-state index < -0.39 is 0 Å². The lowest BCUT2D eigenvalue weighted by Crippen LogP contribution is -2.54. The van der Waals surface area contributed by atoms with Crippen LogP contribution in [0.4, 0.5) is 4.79 Å². The Bertz CT molecular complexity index is 566. The zero-order valence-corrected chi connectivity index (χ0v) is 13.5. The first-order valence-electron chi connectivity index (χ1n) is 8.17. The number of hydrogen-bond donors (Lipinski definition) is 1. The Morgan fingerprint density at radius 3 is 2.57 bits per heavy atom. The normalized spacial score (nSPS) is 23.7. The molecule has 2 fully saturated rings. The number of rotatable bonds is 5. The van der Waals surface area contributed by atoms with Gasteiger partial charge in [0.05, 0.1) is 5.54 Å². The van der Waals surface area contributed by atoms with Gasteiger partial charge in [0, 0.05) is 52.4 Å². The Labute approximate surface area is 136 Å². The molecule has 3 heterocycles. The van der Waals surface area contributed by atoms with Crippen LogP contribution in [0.1, 0.15) is 38.5 Å². The van der Waals surface area contributed by atoms with Crippen molar-refractivity contribution >= 4 is 11.9 Å². The average Bonchev–Trinajstić information content (AvgIpc) is 3.30. The molecule has 1 spiro atoms. The van der Waals surface area contributed by atoms with Crippen LogP contribution < -0.4 is 5.32 Å². The third-order valence-electron chi connectivity index (χ3n) is 5.42. The highest BCUT2D eigenvalue weighted by molar-refractivity contribution is 5.78. The number of nitrogens with zero attached hydrogens (tertiary/aromatic N) is 4. The van der Waals surface area contributed by atoms with Gasteiger partial charge < -0.3 is 15.1 Å². The van der Waals surface area contributed by atoms with E-state index in [4.69, 9.17) is 6.42 Å². The second kappa shape index (κ2) is 5.84. The summed E-state index contributed by atoms with van der Waals surface area (Å²) in [6.45, 7) is 2.07. The monoisotopic (exact) mass is 317 g/mol.